The number of thioether (sulfide) groups is 1. The quantitative estimate of drug-likeness (QED) is 0.660. The normalized spacial score (nSPS) is 17.4. The van der Waals surface area contributed by atoms with Crippen molar-refractivity contribution in [1.82, 2.24) is 5.32 Å². The van der Waals surface area contributed by atoms with Crippen molar-refractivity contribution in [2.24, 2.45) is 0 Å². The first-order valence-electron chi connectivity index (χ1n) is 6.87. The first-order chi connectivity index (χ1) is 10.2. The van der Waals surface area contributed by atoms with Crippen molar-refractivity contribution in [3.05, 3.63) is 35.9 Å². The van der Waals surface area contributed by atoms with Gasteiger partial charge in [0.1, 0.15) is 6.04 Å². The first kappa shape index (κ1) is 15.7. The lowest BCUT2D eigenvalue weighted by atomic mass is 10.2. The zero-order valence-electron chi connectivity index (χ0n) is 11.5. The minimum atomic E-state index is -0.581. The first-order valence-corrected chi connectivity index (χ1v) is 7.85. The molecule has 0 aliphatic carbocycles. The molecule has 1 saturated heterocycles. The molecule has 0 aromatic heterocycles. The van der Waals surface area contributed by atoms with Crippen LogP contribution in [0.15, 0.2) is 30.3 Å². The molecule has 1 aliphatic heterocycles. The molecule has 2 rings (SSSR count). The molecule has 112 valence electrons. The van der Waals surface area contributed by atoms with E-state index in [-0.39, 0.29) is 17.6 Å². The molecule has 1 aromatic carbocycles. The fourth-order valence-electron chi connectivity index (χ4n) is 2.00. The molecule has 0 spiro atoms. The van der Waals surface area contributed by atoms with Crippen LogP contribution in [0.25, 0.3) is 0 Å². The van der Waals surface area contributed by atoms with Gasteiger partial charge in [-0.05, 0) is 19.4 Å². The second-order valence-electron chi connectivity index (χ2n) is 4.69. The van der Waals surface area contributed by atoms with E-state index in [2.05, 4.69) is 5.32 Å². The number of carbonyl (C=O) groups is 3. The Balaban J connectivity index is 1.67. The highest BCUT2D eigenvalue weighted by molar-refractivity contribution is 8.14. The van der Waals surface area contributed by atoms with E-state index in [0.717, 1.165) is 24.7 Å². The largest absolute Gasteiger partial charge is 0.392 e. The number of hydrogen-bond acceptors (Lipinski definition) is 6. The van der Waals surface area contributed by atoms with Gasteiger partial charge in [-0.2, -0.15) is 0 Å². The number of benzene rings is 1. The molecule has 1 heterocycles. The highest BCUT2D eigenvalue weighted by atomic mass is 32.2. The van der Waals surface area contributed by atoms with Gasteiger partial charge in [0.05, 0.1) is 6.42 Å². The second-order valence-corrected chi connectivity index (χ2v) is 5.76. The molecule has 0 unspecified atom stereocenters. The number of esters is 2. The molecule has 1 atom stereocenters. The van der Waals surface area contributed by atoms with Gasteiger partial charge in [-0.25, -0.2) is 4.79 Å². The molecule has 0 radical (unpaired) electrons. The minimum absolute atomic E-state index is 0.0434. The Kier molecular flexibility index (Phi) is 5.95. The summed E-state index contributed by atoms with van der Waals surface area (Å²) in [5.74, 6) is -0.795. The summed E-state index contributed by atoms with van der Waals surface area (Å²) in [5, 5.41) is 2.88. The van der Waals surface area contributed by atoms with E-state index in [1.807, 2.05) is 6.07 Å². The summed E-state index contributed by atoms with van der Waals surface area (Å²) >= 11 is 1.05. The van der Waals surface area contributed by atoms with Crippen molar-refractivity contribution in [2.75, 3.05) is 12.3 Å². The molecule has 6 heteroatoms. The number of carbonyl (C=O) groups excluding carboxylic acids is 3. The van der Waals surface area contributed by atoms with Crippen molar-refractivity contribution in [2.45, 2.75) is 25.3 Å². The molecule has 0 saturated carbocycles. The summed E-state index contributed by atoms with van der Waals surface area (Å²) in [6.45, 7) is 0.773. The van der Waals surface area contributed by atoms with Gasteiger partial charge in [-0.3, -0.25) is 9.59 Å². The van der Waals surface area contributed by atoms with Crippen LogP contribution in [0.2, 0.25) is 0 Å². The van der Waals surface area contributed by atoms with Crippen LogP contribution in [0.1, 0.15) is 29.6 Å². The van der Waals surface area contributed by atoms with Gasteiger partial charge in [-0.1, -0.05) is 42.1 Å². The molecule has 5 nitrogen and oxygen atoms in total. The van der Waals surface area contributed by atoms with Crippen LogP contribution >= 0.6 is 11.8 Å². The van der Waals surface area contributed by atoms with Crippen molar-refractivity contribution < 1.29 is 19.1 Å². The molecule has 1 fully saturated rings. The Bertz CT molecular complexity index is 512. The van der Waals surface area contributed by atoms with Crippen molar-refractivity contribution >= 4 is 28.8 Å². The predicted octanol–water partition coefficient (Wildman–Crippen LogP) is 1.77. The Labute approximate surface area is 127 Å². The van der Waals surface area contributed by atoms with Crippen LogP contribution < -0.4 is 5.32 Å². The van der Waals surface area contributed by atoms with Gasteiger partial charge in [0.25, 0.3) is 0 Å². The topological polar surface area (TPSA) is 72.5 Å². The van der Waals surface area contributed by atoms with Gasteiger partial charge in [0.2, 0.25) is 5.12 Å². The van der Waals surface area contributed by atoms with E-state index < -0.39 is 11.9 Å². The van der Waals surface area contributed by atoms with E-state index in [1.165, 1.54) is 0 Å². The summed E-state index contributed by atoms with van der Waals surface area (Å²) < 4.78 is 4.76. The van der Waals surface area contributed by atoms with Crippen LogP contribution in [0.3, 0.4) is 0 Å². The SMILES string of the molecule is O=C(CCSC(=O)c1ccccc1)OC(=O)[C@@H]1CCCN1. The lowest BCUT2D eigenvalue weighted by Crippen LogP contribution is -2.33. The molecular formula is C15H17NO4S. The Morgan fingerprint density at radius 1 is 1.24 bits per heavy atom. The third-order valence-corrected chi connectivity index (χ3v) is 4.01. The summed E-state index contributed by atoms with van der Waals surface area (Å²) in [5.41, 5.74) is 0.599. The summed E-state index contributed by atoms with van der Waals surface area (Å²) in [6, 6.07) is 8.49. The van der Waals surface area contributed by atoms with Crippen LogP contribution in [-0.4, -0.2) is 35.4 Å². The van der Waals surface area contributed by atoms with Gasteiger partial charge in [0.15, 0.2) is 0 Å². The number of ether oxygens (including phenoxy) is 1. The maximum Gasteiger partial charge on any atom is 0.330 e. The second kappa shape index (κ2) is 7.95. The zero-order valence-corrected chi connectivity index (χ0v) is 12.4. The predicted molar refractivity (Wildman–Crippen MR) is 80.0 cm³/mol. The molecule has 1 N–H and O–H groups in total. The standard InChI is InChI=1S/C15H17NO4S/c17-13(20-14(18)12-7-4-9-16-12)8-10-21-15(19)11-5-2-1-3-6-11/h1-3,5-6,12,16H,4,7-10H2/t12-/m0/s1. The van der Waals surface area contributed by atoms with Crippen molar-refractivity contribution in [3.8, 4) is 0 Å². The van der Waals surface area contributed by atoms with Gasteiger partial charge >= 0.3 is 11.9 Å². The van der Waals surface area contributed by atoms with Crippen LogP contribution in [-0.2, 0) is 14.3 Å². The van der Waals surface area contributed by atoms with Crippen molar-refractivity contribution in [3.63, 3.8) is 0 Å². The van der Waals surface area contributed by atoms with Crippen molar-refractivity contribution in [1.29, 1.82) is 0 Å². The molecule has 21 heavy (non-hydrogen) atoms. The lowest BCUT2D eigenvalue weighted by Gasteiger charge is -2.08. The average Bonchev–Trinajstić information content (AvgIpc) is 3.02. The average molecular weight is 307 g/mol. The van der Waals surface area contributed by atoms with E-state index in [9.17, 15) is 14.4 Å². The molecular weight excluding hydrogens is 290 g/mol. The number of nitrogens with one attached hydrogen (secondary N) is 1. The number of rotatable bonds is 5. The Morgan fingerprint density at radius 2 is 2.00 bits per heavy atom. The Hall–Kier alpha value is -1.66. The lowest BCUT2D eigenvalue weighted by molar-refractivity contribution is -0.160. The van der Waals surface area contributed by atoms with E-state index in [4.69, 9.17) is 4.74 Å². The third kappa shape index (κ3) is 4.99. The molecule has 1 aromatic rings. The van der Waals surface area contributed by atoms with Gasteiger partial charge < -0.3 is 10.1 Å². The summed E-state index contributed by atoms with van der Waals surface area (Å²) in [7, 11) is 0. The smallest absolute Gasteiger partial charge is 0.330 e. The zero-order chi connectivity index (χ0) is 15.1. The maximum atomic E-state index is 11.8. The van der Waals surface area contributed by atoms with Gasteiger partial charge in [0, 0.05) is 11.3 Å². The maximum absolute atomic E-state index is 11.8. The summed E-state index contributed by atoms with van der Waals surface area (Å²) in [6.07, 6.45) is 1.66. The van der Waals surface area contributed by atoms with Crippen LogP contribution in [0, 0.1) is 0 Å². The van der Waals surface area contributed by atoms with E-state index >= 15 is 0 Å². The van der Waals surface area contributed by atoms with Gasteiger partial charge in [-0.15, -0.1) is 0 Å². The van der Waals surface area contributed by atoms with E-state index in [1.54, 1.807) is 24.3 Å². The van der Waals surface area contributed by atoms with Crippen LogP contribution in [0.5, 0.6) is 0 Å². The third-order valence-electron chi connectivity index (χ3n) is 3.11. The Morgan fingerprint density at radius 3 is 2.67 bits per heavy atom. The summed E-state index contributed by atoms with van der Waals surface area (Å²) in [4.78, 5) is 34.9. The fraction of sp³-hybridized carbons (Fsp3) is 0.400. The fourth-order valence-corrected chi connectivity index (χ4v) is 2.76. The molecule has 1 aliphatic rings. The monoisotopic (exact) mass is 307 g/mol. The minimum Gasteiger partial charge on any atom is -0.392 e. The molecule has 0 amide bonds. The van der Waals surface area contributed by atoms with E-state index in [0.29, 0.717) is 17.7 Å². The highest BCUT2D eigenvalue weighted by Crippen LogP contribution is 2.14. The van der Waals surface area contributed by atoms with Crippen LogP contribution in [0.4, 0.5) is 0 Å². The highest BCUT2D eigenvalue weighted by Gasteiger charge is 2.25. The molecule has 0 bridgehead atoms. The number of hydrogen-bond donors (Lipinski definition) is 1.